The zero-order valence-corrected chi connectivity index (χ0v) is 22.9. The van der Waals surface area contributed by atoms with Crippen molar-refractivity contribution in [3.63, 3.8) is 0 Å². The molecule has 2 N–H and O–H groups in total. The Bertz CT molecular complexity index is 1450. The Balaban J connectivity index is 1.16. The van der Waals surface area contributed by atoms with E-state index >= 15 is 0 Å². The van der Waals surface area contributed by atoms with Crippen LogP contribution in [0.5, 0.6) is 5.75 Å². The lowest BCUT2D eigenvalue weighted by Gasteiger charge is -2.43. The lowest BCUT2D eigenvalue weighted by molar-refractivity contribution is -0.149. The number of aromatic nitrogens is 1. The lowest BCUT2D eigenvalue weighted by Crippen LogP contribution is -2.43. The number of rotatable bonds is 6. The van der Waals surface area contributed by atoms with Gasteiger partial charge in [-0.2, -0.15) is 0 Å². The van der Waals surface area contributed by atoms with E-state index in [0.29, 0.717) is 32.1 Å². The van der Waals surface area contributed by atoms with Gasteiger partial charge in [0.2, 0.25) is 11.8 Å². The molecule has 0 radical (unpaired) electrons. The molecule has 5 aliphatic rings. The van der Waals surface area contributed by atoms with Crippen LogP contribution >= 0.6 is 23.1 Å². The van der Waals surface area contributed by atoms with Gasteiger partial charge in [0, 0.05) is 29.1 Å². The van der Waals surface area contributed by atoms with Gasteiger partial charge in [0.15, 0.2) is 6.61 Å². The number of benzene rings is 1. The SMILES string of the molecule is O=C(O)CN1C(=O)C2C3CC(C2C1=O)C1C3Sc2[nH]c(=O)sc2[C@@H]1c1ccc(OCC(=O)N2CCOCC2)cc1. The second-order valence-corrected chi connectivity index (χ2v) is 13.2. The number of aromatic amines is 1. The summed E-state index contributed by atoms with van der Waals surface area (Å²) in [6.07, 6.45) is 0.733. The number of nitrogens with zero attached hydrogens (tertiary/aromatic N) is 2. The molecule has 2 aliphatic carbocycles. The number of morpholine rings is 1. The number of carboxylic acid groups (broad SMARTS) is 1. The normalized spacial score (nSPS) is 32.1. The van der Waals surface area contributed by atoms with Crippen LogP contribution in [0.25, 0.3) is 0 Å². The van der Waals surface area contributed by atoms with Gasteiger partial charge in [-0.15, -0.1) is 11.8 Å². The summed E-state index contributed by atoms with van der Waals surface area (Å²) < 4.78 is 11.1. The van der Waals surface area contributed by atoms with Gasteiger partial charge >= 0.3 is 10.8 Å². The van der Waals surface area contributed by atoms with Gasteiger partial charge in [-0.25, -0.2) is 0 Å². The minimum Gasteiger partial charge on any atom is -0.484 e. The number of aliphatic carboxylic acids is 1. The number of H-pyrrole nitrogens is 1. The zero-order chi connectivity index (χ0) is 27.7. The van der Waals surface area contributed by atoms with E-state index in [9.17, 15) is 29.1 Å². The Kier molecular flexibility index (Phi) is 6.28. The van der Waals surface area contributed by atoms with Gasteiger partial charge in [0.05, 0.1) is 30.1 Å². The van der Waals surface area contributed by atoms with Crippen LogP contribution in [-0.4, -0.2) is 88.3 Å². The standard InChI is InChI=1S/C27H27N3O8S2/c31-16(29-5-7-37-8-6-29)11-38-13-3-1-12(2-4-13)18-19-14-9-15(22(19)39-24-23(18)40-27(36)28-24)21-20(14)25(34)30(26(21)35)10-17(32)33/h1-4,14-15,18-22H,5-11H2,(H,28,36)(H,32,33)/t14?,15?,18-,19?,20?,21?,22?/m1/s1. The average Bonchev–Trinajstić information content (AvgIpc) is 3.68. The molecule has 210 valence electrons. The second kappa shape index (κ2) is 9.74. The van der Waals surface area contributed by atoms with Crippen molar-refractivity contribution in [3.8, 4) is 5.75 Å². The number of thioether (sulfide) groups is 1. The van der Waals surface area contributed by atoms with E-state index in [0.717, 1.165) is 26.8 Å². The fraction of sp³-hybridized carbons (Fsp3) is 0.519. The molecule has 7 atom stereocenters. The van der Waals surface area contributed by atoms with Crippen LogP contribution in [-0.2, 0) is 23.9 Å². The molecule has 4 heterocycles. The van der Waals surface area contributed by atoms with Crippen molar-refractivity contribution in [2.45, 2.75) is 22.6 Å². The predicted molar refractivity (Wildman–Crippen MR) is 142 cm³/mol. The van der Waals surface area contributed by atoms with Crippen LogP contribution in [0, 0.1) is 29.6 Å². The number of carboxylic acids is 1. The first-order valence-corrected chi connectivity index (χ1v) is 15.1. The van der Waals surface area contributed by atoms with E-state index < -0.39 is 24.3 Å². The number of thiazole rings is 1. The van der Waals surface area contributed by atoms with E-state index in [1.807, 2.05) is 24.3 Å². The predicted octanol–water partition coefficient (Wildman–Crippen LogP) is 1.23. The number of carbonyl (C=O) groups excluding carboxylic acids is 3. The van der Waals surface area contributed by atoms with Gasteiger partial charge < -0.3 is 24.5 Å². The molecular weight excluding hydrogens is 558 g/mol. The summed E-state index contributed by atoms with van der Waals surface area (Å²) in [5.74, 6) is -2.79. The first-order valence-electron chi connectivity index (χ1n) is 13.4. The van der Waals surface area contributed by atoms with Crippen molar-refractivity contribution < 1.29 is 33.8 Å². The number of likely N-dealkylation sites (tertiary alicyclic amines) is 1. The van der Waals surface area contributed by atoms with Crippen LogP contribution < -0.4 is 9.61 Å². The molecule has 3 aliphatic heterocycles. The molecule has 11 nitrogen and oxygen atoms in total. The smallest absolute Gasteiger partial charge is 0.323 e. The fourth-order valence-electron chi connectivity index (χ4n) is 7.56. The second-order valence-electron chi connectivity index (χ2n) is 11.0. The summed E-state index contributed by atoms with van der Waals surface area (Å²) in [7, 11) is 0. The molecule has 4 fully saturated rings. The highest BCUT2D eigenvalue weighted by atomic mass is 32.2. The molecule has 7 rings (SSSR count). The van der Waals surface area contributed by atoms with Gasteiger partial charge in [-0.3, -0.25) is 28.9 Å². The average molecular weight is 586 g/mol. The number of ether oxygens (including phenoxy) is 2. The summed E-state index contributed by atoms with van der Waals surface area (Å²) in [5, 5.41) is 10.1. The monoisotopic (exact) mass is 585 g/mol. The first-order chi connectivity index (χ1) is 19.3. The topological polar surface area (TPSA) is 146 Å². The molecule has 3 amide bonds. The Morgan fingerprint density at radius 3 is 2.45 bits per heavy atom. The Hall–Kier alpha value is -3.16. The molecule has 2 saturated carbocycles. The highest BCUT2D eigenvalue weighted by Gasteiger charge is 2.69. The van der Waals surface area contributed by atoms with Crippen molar-refractivity contribution in [1.29, 1.82) is 0 Å². The van der Waals surface area contributed by atoms with Crippen molar-refractivity contribution >= 4 is 46.8 Å². The molecule has 13 heteroatoms. The molecule has 1 aromatic heterocycles. The molecule has 2 saturated heterocycles. The molecule has 40 heavy (non-hydrogen) atoms. The summed E-state index contributed by atoms with van der Waals surface area (Å²) in [6.45, 7) is 1.48. The van der Waals surface area contributed by atoms with Crippen molar-refractivity contribution in [2.75, 3.05) is 39.5 Å². The number of imide groups is 1. The van der Waals surface area contributed by atoms with Crippen molar-refractivity contribution in [2.24, 2.45) is 29.6 Å². The number of amides is 3. The van der Waals surface area contributed by atoms with Crippen LogP contribution in [0.3, 0.4) is 0 Å². The molecule has 6 unspecified atom stereocenters. The minimum absolute atomic E-state index is 0.0198. The van der Waals surface area contributed by atoms with Gasteiger partial charge in [0.25, 0.3) is 5.91 Å². The summed E-state index contributed by atoms with van der Waals surface area (Å²) >= 11 is 2.76. The fourth-order valence-corrected chi connectivity index (χ4v) is 10.5. The highest BCUT2D eigenvalue weighted by molar-refractivity contribution is 8.00. The van der Waals surface area contributed by atoms with Gasteiger partial charge in [-0.1, -0.05) is 23.5 Å². The molecule has 2 bridgehead atoms. The Morgan fingerprint density at radius 2 is 1.75 bits per heavy atom. The maximum absolute atomic E-state index is 13.3. The molecule has 1 aromatic carbocycles. The van der Waals surface area contributed by atoms with Crippen LogP contribution in [0.1, 0.15) is 22.8 Å². The van der Waals surface area contributed by atoms with E-state index in [2.05, 4.69) is 4.98 Å². The summed E-state index contributed by atoms with van der Waals surface area (Å²) in [6, 6.07) is 7.54. The zero-order valence-electron chi connectivity index (χ0n) is 21.3. The van der Waals surface area contributed by atoms with Crippen molar-refractivity contribution in [1.82, 2.24) is 14.8 Å². The maximum Gasteiger partial charge on any atom is 0.323 e. The van der Waals surface area contributed by atoms with E-state index in [1.165, 1.54) is 11.3 Å². The third-order valence-electron chi connectivity index (χ3n) is 9.07. The van der Waals surface area contributed by atoms with Crippen molar-refractivity contribution in [3.05, 3.63) is 44.4 Å². The summed E-state index contributed by atoms with van der Waals surface area (Å²) in [4.78, 5) is 69.1. The number of fused-ring (bicyclic) bond motifs is 9. The summed E-state index contributed by atoms with van der Waals surface area (Å²) in [5.41, 5.74) is 0.974. The van der Waals surface area contributed by atoms with Gasteiger partial charge in [0.1, 0.15) is 12.3 Å². The Labute approximate surface area is 236 Å². The number of nitrogens with one attached hydrogen (secondary N) is 1. The van der Waals surface area contributed by atoms with E-state index in [1.54, 1.807) is 16.7 Å². The minimum atomic E-state index is -1.20. The largest absolute Gasteiger partial charge is 0.484 e. The molecule has 2 aromatic rings. The number of carbonyl (C=O) groups is 4. The van der Waals surface area contributed by atoms with E-state index in [-0.39, 0.29) is 58.1 Å². The maximum atomic E-state index is 13.3. The van der Waals surface area contributed by atoms with Gasteiger partial charge in [-0.05, 0) is 41.9 Å². The first kappa shape index (κ1) is 25.8. The highest BCUT2D eigenvalue weighted by Crippen LogP contribution is 2.68. The van der Waals surface area contributed by atoms with E-state index in [4.69, 9.17) is 9.47 Å². The lowest BCUT2D eigenvalue weighted by atomic mass is 9.68. The van der Waals surface area contributed by atoms with Crippen LogP contribution in [0.15, 0.2) is 34.1 Å². The third kappa shape index (κ3) is 4.00. The number of hydrogen-bond acceptors (Lipinski definition) is 9. The van der Waals surface area contributed by atoms with Crippen LogP contribution in [0.2, 0.25) is 0 Å². The Morgan fingerprint density at radius 1 is 1.05 bits per heavy atom. The third-order valence-corrected chi connectivity index (χ3v) is 11.7. The quantitative estimate of drug-likeness (QED) is 0.478. The molecule has 0 spiro atoms. The van der Waals surface area contributed by atoms with Crippen LogP contribution in [0.4, 0.5) is 0 Å². The molecular formula is C27H27N3O8S2. The number of hydrogen-bond donors (Lipinski definition) is 2.